The molecule has 0 radical (unpaired) electrons. The molecule has 0 spiro atoms. The van der Waals surface area contributed by atoms with E-state index >= 15 is 0 Å². The highest BCUT2D eigenvalue weighted by atomic mass is 19.4. The molecule has 0 saturated heterocycles. The van der Waals surface area contributed by atoms with Gasteiger partial charge in [-0.2, -0.15) is 13.2 Å². The van der Waals surface area contributed by atoms with E-state index in [1.165, 1.54) is 0 Å². The topological polar surface area (TPSA) is 89.6 Å². The predicted octanol–water partition coefficient (Wildman–Crippen LogP) is 1.31. The van der Waals surface area contributed by atoms with E-state index in [4.69, 9.17) is 15.6 Å². The first-order valence-corrected chi connectivity index (χ1v) is 4.89. The minimum atomic E-state index is -5.08. The summed E-state index contributed by atoms with van der Waals surface area (Å²) in [4.78, 5) is 19.8. The van der Waals surface area contributed by atoms with E-state index in [2.05, 4.69) is 4.74 Å². The summed E-state index contributed by atoms with van der Waals surface area (Å²) in [6, 6.07) is 0. The molecule has 1 unspecified atom stereocenters. The Morgan fingerprint density at radius 1 is 1.26 bits per heavy atom. The Hall–Kier alpha value is -1.45. The number of methoxy groups -OCH3 is 1. The smallest absolute Gasteiger partial charge is 0.475 e. The number of hydrogen-bond donors (Lipinski definition) is 2. The summed E-state index contributed by atoms with van der Waals surface area (Å²) >= 11 is 0. The fourth-order valence-corrected chi connectivity index (χ4v) is 1.42. The number of alkyl halides is 5. The molecule has 1 rings (SSSR count). The zero-order chi connectivity index (χ0) is 15.5. The van der Waals surface area contributed by atoms with Crippen LogP contribution in [0.15, 0.2) is 0 Å². The Bertz CT molecular complexity index is 357. The number of carbonyl (C=O) groups excluding carboxylic acids is 1. The van der Waals surface area contributed by atoms with Crippen molar-refractivity contribution in [1.82, 2.24) is 0 Å². The highest BCUT2D eigenvalue weighted by molar-refractivity contribution is 5.81. The van der Waals surface area contributed by atoms with Crippen molar-refractivity contribution in [2.75, 3.05) is 7.11 Å². The number of ether oxygens (including phenoxy) is 1. The maximum atomic E-state index is 12.6. The van der Waals surface area contributed by atoms with Gasteiger partial charge in [0.25, 0.3) is 5.92 Å². The van der Waals surface area contributed by atoms with Gasteiger partial charge in [0.1, 0.15) is 5.54 Å². The van der Waals surface area contributed by atoms with Crippen molar-refractivity contribution in [2.45, 2.75) is 36.9 Å². The largest absolute Gasteiger partial charge is 0.490 e. The van der Waals surface area contributed by atoms with Gasteiger partial charge >= 0.3 is 18.1 Å². The number of carbonyl (C=O) groups is 2. The second-order valence-electron chi connectivity index (χ2n) is 3.98. The van der Waals surface area contributed by atoms with Crippen molar-refractivity contribution in [1.29, 1.82) is 0 Å². The molecule has 0 aromatic heterocycles. The number of hydrogen-bond acceptors (Lipinski definition) is 4. The lowest BCUT2D eigenvalue weighted by Gasteiger charge is -2.19. The minimum absolute atomic E-state index is 0.00727. The molecule has 1 aliphatic carbocycles. The summed E-state index contributed by atoms with van der Waals surface area (Å²) in [5, 5.41) is 7.12. The molecule has 0 aromatic carbocycles. The Balaban J connectivity index is 0.000000399. The van der Waals surface area contributed by atoms with E-state index in [0.717, 1.165) is 7.11 Å². The van der Waals surface area contributed by atoms with Crippen molar-refractivity contribution < 1.29 is 41.4 Å². The van der Waals surface area contributed by atoms with Crippen LogP contribution in [0.2, 0.25) is 0 Å². The van der Waals surface area contributed by atoms with E-state index in [0.29, 0.717) is 0 Å². The van der Waals surface area contributed by atoms with Gasteiger partial charge in [0, 0.05) is 12.8 Å². The number of esters is 1. The fourth-order valence-electron chi connectivity index (χ4n) is 1.42. The van der Waals surface area contributed by atoms with Gasteiger partial charge in [0.05, 0.1) is 7.11 Å². The molecule has 0 bridgehead atoms. The van der Waals surface area contributed by atoms with Crippen LogP contribution in [0.5, 0.6) is 0 Å². The maximum Gasteiger partial charge on any atom is 0.490 e. The molecular weight excluding hydrogens is 281 g/mol. The lowest BCUT2D eigenvalue weighted by molar-refractivity contribution is -0.192. The molecule has 5 nitrogen and oxygen atoms in total. The van der Waals surface area contributed by atoms with Gasteiger partial charge in [-0.1, -0.05) is 0 Å². The molecule has 0 heterocycles. The van der Waals surface area contributed by atoms with Crippen molar-refractivity contribution in [2.24, 2.45) is 5.73 Å². The predicted molar refractivity (Wildman–Crippen MR) is 51.4 cm³/mol. The average molecular weight is 293 g/mol. The van der Waals surface area contributed by atoms with Crippen molar-refractivity contribution in [3.05, 3.63) is 0 Å². The molecule has 19 heavy (non-hydrogen) atoms. The van der Waals surface area contributed by atoms with Crippen LogP contribution in [-0.4, -0.2) is 41.8 Å². The molecule has 0 aromatic rings. The Morgan fingerprint density at radius 3 is 1.89 bits per heavy atom. The summed E-state index contributed by atoms with van der Waals surface area (Å²) in [5.74, 6) is -6.32. The third-order valence-electron chi connectivity index (χ3n) is 2.35. The van der Waals surface area contributed by atoms with Crippen molar-refractivity contribution in [3.8, 4) is 0 Å². The van der Waals surface area contributed by atoms with Crippen LogP contribution >= 0.6 is 0 Å². The second-order valence-corrected chi connectivity index (χ2v) is 3.98. The molecule has 1 atom stereocenters. The quantitative estimate of drug-likeness (QED) is 0.562. The van der Waals surface area contributed by atoms with Crippen LogP contribution in [0.25, 0.3) is 0 Å². The summed E-state index contributed by atoms with van der Waals surface area (Å²) < 4.78 is 61.4. The second kappa shape index (κ2) is 5.68. The first kappa shape index (κ1) is 17.6. The van der Waals surface area contributed by atoms with Crippen LogP contribution < -0.4 is 5.73 Å². The fraction of sp³-hybridized carbons (Fsp3) is 0.778. The summed E-state index contributed by atoms with van der Waals surface area (Å²) in [6.45, 7) is 0. The number of halogens is 5. The van der Waals surface area contributed by atoms with E-state index in [1.54, 1.807) is 0 Å². The van der Waals surface area contributed by atoms with Crippen molar-refractivity contribution >= 4 is 11.9 Å². The van der Waals surface area contributed by atoms with Crippen LogP contribution in [0.3, 0.4) is 0 Å². The molecule has 112 valence electrons. The summed E-state index contributed by atoms with van der Waals surface area (Å²) in [7, 11) is 1.15. The van der Waals surface area contributed by atoms with Gasteiger partial charge in [0.2, 0.25) is 0 Å². The minimum Gasteiger partial charge on any atom is -0.475 e. The first-order valence-electron chi connectivity index (χ1n) is 4.89. The lowest BCUT2D eigenvalue weighted by Crippen LogP contribution is -2.47. The molecule has 0 amide bonds. The third kappa shape index (κ3) is 5.37. The third-order valence-corrected chi connectivity index (χ3v) is 2.35. The average Bonchev–Trinajstić information content (AvgIpc) is 2.52. The van der Waals surface area contributed by atoms with E-state index < -0.39 is 36.0 Å². The van der Waals surface area contributed by atoms with Crippen LogP contribution in [0, 0.1) is 0 Å². The first-order chi connectivity index (χ1) is 8.34. The number of aliphatic carboxylic acids is 1. The van der Waals surface area contributed by atoms with E-state index in [-0.39, 0.29) is 12.8 Å². The molecule has 3 N–H and O–H groups in total. The monoisotopic (exact) mass is 293 g/mol. The zero-order valence-electron chi connectivity index (χ0n) is 9.76. The van der Waals surface area contributed by atoms with Gasteiger partial charge in [-0.25, -0.2) is 13.6 Å². The Kier molecular flexibility index (Phi) is 5.24. The van der Waals surface area contributed by atoms with Crippen LogP contribution in [0.1, 0.15) is 19.3 Å². The summed E-state index contributed by atoms with van der Waals surface area (Å²) in [5.41, 5.74) is 3.96. The number of rotatable bonds is 1. The summed E-state index contributed by atoms with van der Waals surface area (Å²) in [6.07, 6.45) is -6.03. The molecule has 1 fully saturated rings. The Labute approximate surface area is 104 Å². The van der Waals surface area contributed by atoms with Gasteiger partial charge < -0.3 is 15.6 Å². The molecule has 10 heteroatoms. The SMILES string of the molecule is COC(=O)C1(N)CCC(F)(F)C1.O=C(O)C(F)(F)F. The van der Waals surface area contributed by atoms with Gasteiger partial charge in [-0.3, -0.25) is 4.79 Å². The Morgan fingerprint density at radius 2 is 1.68 bits per heavy atom. The van der Waals surface area contributed by atoms with E-state index in [9.17, 15) is 26.7 Å². The van der Waals surface area contributed by atoms with Crippen LogP contribution in [-0.2, 0) is 14.3 Å². The molecule has 1 aliphatic rings. The highest BCUT2D eigenvalue weighted by Gasteiger charge is 2.52. The number of carboxylic acids is 1. The molecule has 0 aliphatic heterocycles. The number of nitrogens with two attached hydrogens (primary N) is 1. The highest BCUT2D eigenvalue weighted by Crippen LogP contribution is 2.40. The van der Waals surface area contributed by atoms with Crippen LogP contribution in [0.4, 0.5) is 22.0 Å². The van der Waals surface area contributed by atoms with E-state index in [1.807, 2.05) is 0 Å². The van der Waals surface area contributed by atoms with Gasteiger partial charge in [-0.05, 0) is 6.42 Å². The van der Waals surface area contributed by atoms with Gasteiger partial charge in [-0.15, -0.1) is 0 Å². The molecule has 1 saturated carbocycles. The normalized spacial score (nSPS) is 25.2. The lowest BCUT2D eigenvalue weighted by atomic mass is 9.99. The molecular formula is C9H12F5NO4. The maximum absolute atomic E-state index is 12.6. The standard InChI is InChI=1S/C7H11F2NO2.C2HF3O2/c1-12-5(11)6(10)2-3-7(8,9)4-6;3-2(4,5)1(6)7/h2-4,10H2,1H3;(H,6,7). The zero-order valence-corrected chi connectivity index (χ0v) is 9.76. The number of carboxylic acid groups (broad SMARTS) is 1. The van der Waals surface area contributed by atoms with Crippen molar-refractivity contribution in [3.63, 3.8) is 0 Å². The van der Waals surface area contributed by atoms with Gasteiger partial charge in [0.15, 0.2) is 0 Å².